The molecule has 2 rings (SSSR count). The summed E-state index contributed by atoms with van der Waals surface area (Å²) in [5, 5.41) is 0.609. The highest BCUT2D eigenvalue weighted by Gasteiger charge is 2.27. The molecule has 0 radical (unpaired) electrons. The van der Waals surface area contributed by atoms with Gasteiger partial charge in [0.25, 0.3) is 5.91 Å². The van der Waals surface area contributed by atoms with E-state index in [-0.39, 0.29) is 5.91 Å². The number of hydrogen-bond acceptors (Lipinski definition) is 3. The van der Waals surface area contributed by atoms with Crippen LogP contribution in [0.4, 0.5) is 0 Å². The minimum absolute atomic E-state index is 0.0562. The van der Waals surface area contributed by atoms with Crippen LogP contribution in [0, 0.1) is 0 Å². The van der Waals surface area contributed by atoms with E-state index in [2.05, 4.69) is 11.5 Å². The molecule has 1 saturated heterocycles. The molecule has 0 bridgehead atoms. The van der Waals surface area contributed by atoms with E-state index in [1.165, 1.54) is 0 Å². The number of carbonyl (C=O) groups is 1. The summed E-state index contributed by atoms with van der Waals surface area (Å²) in [6.45, 7) is 9.82. The smallest absolute Gasteiger partial charge is 0.263 e. The molecule has 0 aromatic heterocycles. The quantitative estimate of drug-likeness (QED) is 0.755. The molecule has 1 aliphatic rings. The lowest BCUT2D eigenvalue weighted by Crippen LogP contribution is -2.52. The molecule has 1 aliphatic heterocycles. The molecule has 120 valence electrons. The van der Waals surface area contributed by atoms with Gasteiger partial charge in [-0.3, -0.25) is 9.69 Å². The molecule has 1 amide bonds. The van der Waals surface area contributed by atoms with E-state index in [1.807, 2.05) is 30.0 Å². The summed E-state index contributed by atoms with van der Waals surface area (Å²) < 4.78 is 5.83. The van der Waals surface area contributed by atoms with Crippen molar-refractivity contribution in [3.8, 4) is 5.75 Å². The van der Waals surface area contributed by atoms with Gasteiger partial charge in [-0.05, 0) is 24.6 Å². The van der Waals surface area contributed by atoms with Gasteiger partial charge in [0.15, 0.2) is 6.10 Å². The monoisotopic (exact) mass is 322 g/mol. The van der Waals surface area contributed by atoms with Gasteiger partial charge in [0.05, 0.1) is 0 Å². The zero-order valence-corrected chi connectivity index (χ0v) is 13.8. The van der Waals surface area contributed by atoms with E-state index in [0.717, 1.165) is 32.7 Å². The molecular weight excluding hydrogens is 300 g/mol. The molecule has 1 atom stereocenters. The standard InChI is InChI=1S/C17H23ClN2O2/c1-3-8-19-9-11-20(12-10-19)17(21)16(4-2)22-15-7-5-6-14(18)13-15/h3,5-7,13,16H,1,4,8-12H2,2H3/t16-/m0/s1. The van der Waals surface area contributed by atoms with Crippen molar-refractivity contribution in [2.75, 3.05) is 32.7 Å². The first kappa shape index (κ1) is 16.8. The number of amides is 1. The zero-order chi connectivity index (χ0) is 15.9. The Morgan fingerprint density at radius 2 is 2.14 bits per heavy atom. The second-order valence-corrected chi connectivity index (χ2v) is 5.82. The van der Waals surface area contributed by atoms with Gasteiger partial charge in [-0.1, -0.05) is 30.7 Å². The number of hydrogen-bond donors (Lipinski definition) is 0. The Morgan fingerprint density at radius 3 is 2.73 bits per heavy atom. The van der Waals surface area contributed by atoms with E-state index < -0.39 is 6.10 Å². The fourth-order valence-electron chi connectivity index (χ4n) is 2.55. The van der Waals surface area contributed by atoms with Crippen molar-refractivity contribution >= 4 is 17.5 Å². The maximum Gasteiger partial charge on any atom is 0.263 e. The topological polar surface area (TPSA) is 32.8 Å². The van der Waals surface area contributed by atoms with Crippen LogP contribution >= 0.6 is 11.6 Å². The van der Waals surface area contributed by atoms with E-state index in [9.17, 15) is 4.79 Å². The van der Waals surface area contributed by atoms with Gasteiger partial charge in [0, 0.05) is 37.7 Å². The number of carbonyl (C=O) groups excluding carboxylic acids is 1. The van der Waals surface area contributed by atoms with Crippen LogP contribution in [0.3, 0.4) is 0 Å². The zero-order valence-electron chi connectivity index (χ0n) is 13.0. The van der Waals surface area contributed by atoms with Crippen LogP contribution in [0.2, 0.25) is 5.02 Å². The van der Waals surface area contributed by atoms with Crippen LogP contribution in [0.25, 0.3) is 0 Å². The molecule has 4 nitrogen and oxygen atoms in total. The van der Waals surface area contributed by atoms with Crippen LogP contribution in [-0.2, 0) is 4.79 Å². The van der Waals surface area contributed by atoms with Gasteiger partial charge in [-0.25, -0.2) is 0 Å². The number of halogens is 1. The Morgan fingerprint density at radius 1 is 1.41 bits per heavy atom. The van der Waals surface area contributed by atoms with Crippen LogP contribution in [0.15, 0.2) is 36.9 Å². The van der Waals surface area contributed by atoms with Crippen LogP contribution in [0.1, 0.15) is 13.3 Å². The lowest BCUT2D eigenvalue weighted by molar-refractivity contribution is -0.140. The predicted octanol–water partition coefficient (Wildman–Crippen LogP) is 2.83. The Labute approximate surface area is 137 Å². The van der Waals surface area contributed by atoms with Crippen molar-refractivity contribution in [1.29, 1.82) is 0 Å². The number of rotatable bonds is 6. The minimum atomic E-state index is -0.454. The molecule has 1 aromatic carbocycles. The lowest BCUT2D eigenvalue weighted by Gasteiger charge is -2.35. The number of nitrogens with zero attached hydrogens (tertiary/aromatic N) is 2. The van der Waals surface area contributed by atoms with Crippen LogP contribution in [-0.4, -0.2) is 54.5 Å². The fraction of sp³-hybridized carbons (Fsp3) is 0.471. The van der Waals surface area contributed by atoms with Crippen molar-refractivity contribution in [3.63, 3.8) is 0 Å². The van der Waals surface area contributed by atoms with Gasteiger partial charge in [-0.15, -0.1) is 6.58 Å². The maximum atomic E-state index is 12.6. The summed E-state index contributed by atoms with van der Waals surface area (Å²) in [6, 6.07) is 7.17. The molecule has 0 N–H and O–H groups in total. The number of ether oxygens (including phenoxy) is 1. The number of benzene rings is 1. The summed E-state index contributed by atoms with van der Waals surface area (Å²) in [5.41, 5.74) is 0. The molecule has 0 spiro atoms. The molecular formula is C17H23ClN2O2. The van der Waals surface area contributed by atoms with Crippen LogP contribution < -0.4 is 4.74 Å². The summed E-state index contributed by atoms with van der Waals surface area (Å²) >= 11 is 5.96. The third kappa shape index (κ3) is 4.49. The van der Waals surface area contributed by atoms with E-state index >= 15 is 0 Å². The average molecular weight is 323 g/mol. The highest BCUT2D eigenvalue weighted by atomic mass is 35.5. The SMILES string of the molecule is C=CCN1CCN(C(=O)[C@H](CC)Oc2cccc(Cl)c2)CC1. The first-order valence-corrected chi connectivity index (χ1v) is 8.06. The number of piperazine rings is 1. The van der Waals surface area contributed by atoms with Crippen molar-refractivity contribution in [3.05, 3.63) is 41.9 Å². The minimum Gasteiger partial charge on any atom is -0.481 e. The van der Waals surface area contributed by atoms with Crippen molar-refractivity contribution in [1.82, 2.24) is 9.80 Å². The maximum absolute atomic E-state index is 12.6. The first-order valence-electron chi connectivity index (χ1n) is 7.68. The van der Waals surface area contributed by atoms with Gasteiger partial charge < -0.3 is 9.64 Å². The van der Waals surface area contributed by atoms with Crippen molar-refractivity contribution in [2.24, 2.45) is 0 Å². The normalized spacial score (nSPS) is 17.1. The van der Waals surface area contributed by atoms with Crippen molar-refractivity contribution in [2.45, 2.75) is 19.4 Å². The molecule has 0 unspecified atom stereocenters. The average Bonchev–Trinajstić information content (AvgIpc) is 2.53. The van der Waals surface area contributed by atoms with Gasteiger partial charge in [0.2, 0.25) is 0 Å². The largest absolute Gasteiger partial charge is 0.481 e. The second kappa shape index (κ2) is 8.20. The molecule has 1 heterocycles. The summed E-state index contributed by atoms with van der Waals surface area (Å²) in [6.07, 6.45) is 2.08. The highest BCUT2D eigenvalue weighted by molar-refractivity contribution is 6.30. The van der Waals surface area contributed by atoms with Crippen molar-refractivity contribution < 1.29 is 9.53 Å². The molecule has 1 fully saturated rings. The third-order valence-corrected chi connectivity index (χ3v) is 4.03. The van der Waals surface area contributed by atoms with Crippen LogP contribution in [0.5, 0.6) is 5.75 Å². The molecule has 5 heteroatoms. The Balaban J connectivity index is 1.93. The summed E-state index contributed by atoms with van der Waals surface area (Å²) in [4.78, 5) is 16.8. The van der Waals surface area contributed by atoms with E-state index in [0.29, 0.717) is 17.2 Å². The first-order chi connectivity index (χ1) is 10.6. The lowest BCUT2D eigenvalue weighted by atomic mass is 10.2. The van der Waals surface area contributed by atoms with E-state index in [4.69, 9.17) is 16.3 Å². The molecule has 22 heavy (non-hydrogen) atoms. The Bertz CT molecular complexity index is 513. The molecule has 0 aliphatic carbocycles. The Kier molecular flexibility index (Phi) is 6.28. The summed E-state index contributed by atoms with van der Waals surface area (Å²) in [7, 11) is 0. The highest BCUT2D eigenvalue weighted by Crippen LogP contribution is 2.20. The molecule has 0 saturated carbocycles. The van der Waals surface area contributed by atoms with Gasteiger partial charge in [-0.2, -0.15) is 0 Å². The fourth-order valence-corrected chi connectivity index (χ4v) is 2.73. The summed E-state index contributed by atoms with van der Waals surface area (Å²) in [5.74, 6) is 0.693. The van der Waals surface area contributed by atoms with Gasteiger partial charge >= 0.3 is 0 Å². The third-order valence-electron chi connectivity index (χ3n) is 3.79. The predicted molar refractivity (Wildman–Crippen MR) is 89.4 cm³/mol. The Hall–Kier alpha value is -1.52. The second-order valence-electron chi connectivity index (χ2n) is 5.39. The molecule has 1 aromatic rings. The van der Waals surface area contributed by atoms with Gasteiger partial charge in [0.1, 0.15) is 5.75 Å². The van der Waals surface area contributed by atoms with E-state index in [1.54, 1.807) is 12.1 Å².